The van der Waals surface area contributed by atoms with Crippen LogP contribution < -0.4 is 9.47 Å². The third-order valence-electron chi connectivity index (χ3n) is 2.84. The van der Waals surface area contributed by atoms with Gasteiger partial charge in [-0.1, -0.05) is 37.7 Å². The third-order valence-corrected chi connectivity index (χ3v) is 3.72. The number of nitrogens with zero attached hydrogens (tertiary/aromatic N) is 1. The van der Waals surface area contributed by atoms with Crippen LogP contribution in [0.5, 0.6) is 11.5 Å². The van der Waals surface area contributed by atoms with Gasteiger partial charge in [0.25, 0.3) is 0 Å². The molecular formula is C18H20NO2Si. The summed E-state index contributed by atoms with van der Waals surface area (Å²) in [6.45, 7) is 7.09. The van der Waals surface area contributed by atoms with Gasteiger partial charge in [-0.2, -0.15) is 0 Å². The zero-order chi connectivity index (χ0) is 16.0. The standard InChI is InChI=1S/C18H20NO2Si/c1-20-17-7-5-15(6-8-17)14-21-18-13-19-11-9-16(18)10-12-22(2,3)4/h5-9,11H,14H2,1-4H3. The van der Waals surface area contributed by atoms with Crippen LogP contribution in [0.25, 0.3) is 0 Å². The molecule has 0 amide bonds. The molecule has 1 aromatic heterocycles. The van der Waals surface area contributed by atoms with Crippen molar-refractivity contribution in [1.82, 2.24) is 4.98 Å². The Morgan fingerprint density at radius 3 is 2.50 bits per heavy atom. The summed E-state index contributed by atoms with van der Waals surface area (Å²) in [5, 5.41) is 0. The maximum absolute atomic E-state index is 5.82. The Kier molecular flexibility index (Phi) is 5.24. The largest absolute Gasteiger partial charge is 0.497 e. The summed E-state index contributed by atoms with van der Waals surface area (Å²) >= 11 is 0. The molecule has 0 saturated heterocycles. The van der Waals surface area contributed by atoms with Gasteiger partial charge >= 0.3 is 0 Å². The first kappa shape index (κ1) is 16.1. The fraction of sp³-hybridized carbons (Fsp3) is 0.278. The number of methoxy groups -OCH3 is 1. The summed E-state index contributed by atoms with van der Waals surface area (Å²) < 4.78 is 11.0. The second-order valence-electron chi connectivity index (χ2n) is 5.94. The van der Waals surface area contributed by atoms with Gasteiger partial charge in [0, 0.05) is 6.20 Å². The van der Waals surface area contributed by atoms with E-state index in [0.29, 0.717) is 12.4 Å². The summed E-state index contributed by atoms with van der Waals surface area (Å²) in [4.78, 5) is 4.00. The lowest BCUT2D eigenvalue weighted by molar-refractivity contribution is 0.303. The molecule has 0 saturated carbocycles. The van der Waals surface area contributed by atoms with Crippen molar-refractivity contribution >= 4 is 8.07 Å². The highest BCUT2D eigenvalue weighted by Crippen LogP contribution is 2.18. The van der Waals surface area contributed by atoms with E-state index >= 15 is 0 Å². The molecule has 0 aliphatic rings. The average Bonchev–Trinajstić information content (AvgIpc) is 2.51. The second-order valence-corrected chi connectivity index (χ2v) is 10.7. The second kappa shape index (κ2) is 7.14. The molecule has 0 fully saturated rings. The average molecular weight is 310 g/mol. The Morgan fingerprint density at radius 1 is 1.14 bits per heavy atom. The molecule has 0 aliphatic heterocycles. The van der Waals surface area contributed by atoms with Gasteiger partial charge in [-0.15, -0.1) is 5.54 Å². The predicted molar refractivity (Wildman–Crippen MR) is 90.6 cm³/mol. The van der Waals surface area contributed by atoms with E-state index in [9.17, 15) is 0 Å². The van der Waals surface area contributed by atoms with E-state index in [2.05, 4.69) is 42.3 Å². The number of aromatic nitrogens is 1. The highest BCUT2D eigenvalue weighted by atomic mass is 28.3. The van der Waals surface area contributed by atoms with Crippen molar-refractivity contribution in [2.45, 2.75) is 26.2 Å². The molecule has 0 N–H and O–H groups in total. The first-order chi connectivity index (χ1) is 10.5. The maximum atomic E-state index is 5.82. The predicted octanol–water partition coefficient (Wildman–Crippen LogP) is 3.70. The minimum absolute atomic E-state index is 0.452. The molecule has 2 aromatic rings. The molecule has 1 aromatic carbocycles. The number of rotatable bonds is 4. The van der Waals surface area contributed by atoms with E-state index in [-0.39, 0.29) is 0 Å². The van der Waals surface area contributed by atoms with Crippen LogP contribution in [0.3, 0.4) is 0 Å². The summed E-state index contributed by atoms with van der Waals surface area (Å²) in [7, 11) is 0.227. The lowest BCUT2D eigenvalue weighted by Gasteiger charge is -2.09. The molecule has 0 spiro atoms. The molecule has 0 aliphatic carbocycles. The molecule has 0 unspecified atom stereocenters. The summed E-state index contributed by atoms with van der Waals surface area (Å²) in [5.74, 6) is 4.64. The van der Waals surface area contributed by atoms with E-state index in [1.165, 1.54) is 0 Å². The topological polar surface area (TPSA) is 31.4 Å². The van der Waals surface area contributed by atoms with Gasteiger partial charge in [0.1, 0.15) is 26.6 Å². The molecule has 22 heavy (non-hydrogen) atoms. The fourth-order valence-electron chi connectivity index (χ4n) is 1.68. The first-order valence-electron chi connectivity index (χ1n) is 7.13. The zero-order valence-electron chi connectivity index (χ0n) is 13.4. The monoisotopic (exact) mass is 310 g/mol. The van der Waals surface area contributed by atoms with Gasteiger partial charge in [-0.25, -0.2) is 0 Å². The van der Waals surface area contributed by atoms with Gasteiger partial charge < -0.3 is 9.47 Å². The van der Waals surface area contributed by atoms with Crippen molar-refractivity contribution in [3.05, 3.63) is 53.9 Å². The third kappa shape index (κ3) is 4.94. The number of benzene rings is 1. The summed E-state index contributed by atoms with van der Waals surface area (Å²) in [6.07, 6.45) is 4.57. The Labute approximate surface area is 133 Å². The van der Waals surface area contributed by atoms with Crippen molar-refractivity contribution in [1.29, 1.82) is 0 Å². The number of hydrogen-bond donors (Lipinski definition) is 0. The minimum Gasteiger partial charge on any atom is -0.497 e. The van der Waals surface area contributed by atoms with Crippen molar-refractivity contribution < 1.29 is 9.47 Å². The highest BCUT2D eigenvalue weighted by molar-refractivity contribution is 6.83. The van der Waals surface area contributed by atoms with Gasteiger partial charge in [-0.3, -0.25) is 4.98 Å². The lowest BCUT2D eigenvalue weighted by Crippen LogP contribution is -2.16. The number of pyridine rings is 1. The Balaban J connectivity index is 2.10. The normalized spacial score (nSPS) is 10.5. The quantitative estimate of drug-likeness (QED) is 0.637. The van der Waals surface area contributed by atoms with Gasteiger partial charge in [-0.05, 0) is 23.8 Å². The SMILES string of the molecule is COc1ccc(COc2[c]nccc2C#C[Si](C)(C)C)cc1. The Bertz CT molecular complexity index is 679. The van der Waals surface area contributed by atoms with Crippen molar-refractivity contribution in [2.24, 2.45) is 0 Å². The van der Waals surface area contributed by atoms with Gasteiger partial charge in [0.15, 0.2) is 5.75 Å². The molecule has 0 bridgehead atoms. The zero-order valence-corrected chi connectivity index (χ0v) is 14.4. The summed E-state index contributed by atoms with van der Waals surface area (Å²) in [5.41, 5.74) is 5.23. The van der Waals surface area contributed by atoms with Crippen LogP contribution in [0.4, 0.5) is 0 Å². The van der Waals surface area contributed by atoms with Crippen LogP contribution in [-0.2, 0) is 6.61 Å². The molecule has 3 nitrogen and oxygen atoms in total. The number of ether oxygens (including phenoxy) is 2. The van der Waals surface area contributed by atoms with Crippen LogP contribution in [0.2, 0.25) is 19.6 Å². The maximum Gasteiger partial charge on any atom is 0.163 e. The van der Waals surface area contributed by atoms with E-state index in [4.69, 9.17) is 9.47 Å². The molecule has 2 rings (SSSR count). The van der Waals surface area contributed by atoms with Crippen LogP contribution in [0.1, 0.15) is 11.1 Å². The van der Waals surface area contributed by atoms with Crippen LogP contribution in [0.15, 0.2) is 36.5 Å². The Hall–Kier alpha value is -2.25. The summed E-state index contributed by atoms with van der Waals surface area (Å²) in [6, 6.07) is 9.65. The minimum atomic E-state index is -1.43. The number of hydrogen-bond acceptors (Lipinski definition) is 3. The molecule has 0 atom stereocenters. The van der Waals surface area contributed by atoms with Gasteiger partial charge in [0.2, 0.25) is 0 Å². The van der Waals surface area contributed by atoms with E-state index < -0.39 is 8.07 Å². The molecular weight excluding hydrogens is 290 g/mol. The smallest absolute Gasteiger partial charge is 0.163 e. The van der Waals surface area contributed by atoms with Crippen LogP contribution >= 0.6 is 0 Å². The van der Waals surface area contributed by atoms with Gasteiger partial charge in [0.05, 0.1) is 12.7 Å². The van der Waals surface area contributed by atoms with E-state index in [1.807, 2.05) is 30.3 Å². The molecule has 1 heterocycles. The fourth-order valence-corrected chi connectivity index (χ4v) is 2.19. The van der Waals surface area contributed by atoms with Crippen molar-refractivity contribution in [2.75, 3.05) is 7.11 Å². The molecule has 113 valence electrons. The van der Waals surface area contributed by atoms with E-state index in [1.54, 1.807) is 13.3 Å². The van der Waals surface area contributed by atoms with Crippen molar-refractivity contribution in [3.63, 3.8) is 0 Å². The molecule has 1 radical (unpaired) electrons. The lowest BCUT2D eigenvalue weighted by atomic mass is 10.2. The molecule has 4 heteroatoms. The Morgan fingerprint density at radius 2 is 1.86 bits per heavy atom. The first-order valence-corrected chi connectivity index (χ1v) is 10.6. The van der Waals surface area contributed by atoms with Crippen LogP contribution in [-0.4, -0.2) is 20.2 Å². The van der Waals surface area contributed by atoms with Crippen LogP contribution in [0, 0.1) is 17.7 Å². The highest BCUT2D eigenvalue weighted by Gasteiger charge is 2.09. The van der Waals surface area contributed by atoms with E-state index in [0.717, 1.165) is 16.9 Å². The van der Waals surface area contributed by atoms with Crippen molar-refractivity contribution in [3.8, 4) is 23.0 Å².